The van der Waals surface area contributed by atoms with Crippen LogP contribution in [-0.2, 0) is 0 Å². The lowest BCUT2D eigenvalue weighted by Crippen LogP contribution is -2.86. The van der Waals surface area contributed by atoms with E-state index in [1.165, 1.54) is 0 Å². The number of nitrogens with two attached hydrogens (primary N) is 2. The van der Waals surface area contributed by atoms with Gasteiger partial charge in [0.2, 0.25) is 0 Å². The Morgan fingerprint density at radius 1 is 0.500 bits per heavy atom. The Hall–Kier alpha value is -0.240. The van der Waals surface area contributed by atoms with Gasteiger partial charge in [-0.15, -0.1) is 0 Å². The second-order valence-corrected chi connectivity index (χ2v) is 5.03. The molecule has 0 saturated carbocycles. The maximum Gasteiger partial charge on any atom is 0.172 e. The number of hydrogen-bond acceptors (Lipinski definition) is 6. The van der Waals surface area contributed by atoms with Gasteiger partial charge in [0.1, 0.15) is 0 Å². The maximum absolute atomic E-state index is 6.51. The van der Waals surface area contributed by atoms with Gasteiger partial charge in [-0.1, -0.05) is 0 Å². The fraction of sp³-hybridized carbons (Fsp3) is 1.00. The molecule has 0 aliphatic heterocycles. The van der Waals surface area contributed by atoms with E-state index < -0.39 is 11.6 Å². The van der Waals surface area contributed by atoms with Crippen molar-refractivity contribution in [3.8, 4) is 0 Å². The maximum atomic E-state index is 6.51. The molecule has 0 bridgehead atoms. The third-order valence-electron chi connectivity index (χ3n) is 3.27. The summed E-state index contributed by atoms with van der Waals surface area (Å²) < 4.78 is 0. The summed E-state index contributed by atoms with van der Waals surface area (Å²) in [5, 5.41) is 0. The smallest absolute Gasteiger partial charge is 0.172 e. The Balaban J connectivity index is 5.64. The van der Waals surface area contributed by atoms with E-state index in [1.807, 2.05) is 76.0 Å². The van der Waals surface area contributed by atoms with Gasteiger partial charge in [0, 0.05) is 0 Å². The van der Waals surface area contributed by atoms with Crippen LogP contribution in [0.25, 0.3) is 0 Å². The highest BCUT2D eigenvalue weighted by molar-refractivity contribution is 4.99. The molecule has 6 heteroatoms. The first-order chi connectivity index (χ1) is 7.02. The first-order valence-corrected chi connectivity index (χ1v) is 5.30. The van der Waals surface area contributed by atoms with Crippen molar-refractivity contribution >= 4 is 0 Å². The quantitative estimate of drug-likeness (QED) is 0.560. The zero-order valence-electron chi connectivity index (χ0n) is 11.9. The zero-order valence-corrected chi connectivity index (χ0v) is 11.9. The summed E-state index contributed by atoms with van der Waals surface area (Å²) in [7, 11) is 15.4. The standard InChI is InChI=1S/C10H28N6/c1-13(2)9(11,14(3)4)10(12,15(5)6)16(7)8/h11-12H2,1-8H3. The van der Waals surface area contributed by atoms with E-state index in [4.69, 9.17) is 11.5 Å². The Kier molecular flexibility index (Phi) is 4.88. The van der Waals surface area contributed by atoms with E-state index in [-0.39, 0.29) is 0 Å². The first-order valence-electron chi connectivity index (χ1n) is 5.30. The SMILES string of the molecule is CN(C)C(N)(N(C)C)C(N)(N(C)C)N(C)C. The molecule has 0 amide bonds. The topological polar surface area (TPSA) is 65.0 Å². The fourth-order valence-electron chi connectivity index (χ4n) is 2.12. The van der Waals surface area contributed by atoms with Crippen LogP contribution in [-0.4, -0.2) is 87.6 Å². The van der Waals surface area contributed by atoms with Crippen LogP contribution in [0.15, 0.2) is 0 Å². The Morgan fingerprint density at radius 3 is 0.688 bits per heavy atom. The van der Waals surface area contributed by atoms with Crippen molar-refractivity contribution in [2.45, 2.75) is 11.6 Å². The summed E-state index contributed by atoms with van der Waals surface area (Å²) in [5.41, 5.74) is 13.0. The van der Waals surface area contributed by atoms with Gasteiger partial charge in [0.15, 0.2) is 11.6 Å². The summed E-state index contributed by atoms with van der Waals surface area (Å²) in [4.78, 5) is 7.69. The molecule has 0 rings (SSSR count). The molecule has 6 nitrogen and oxygen atoms in total. The van der Waals surface area contributed by atoms with Crippen molar-refractivity contribution in [3.05, 3.63) is 0 Å². The lowest BCUT2D eigenvalue weighted by atomic mass is 10.1. The predicted molar refractivity (Wildman–Crippen MR) is 68.6 cm³/mol. The highest BCUT2D eigenvalue weighted by Gasteiger charge is 2.53. The Bertz CT molecular complexity index is 183. The molecule has 0 aliphatic rings. The number of rotatable bonds is 5. The molecule has 0 aromatic rings. The molecule has 0 radical (unpaired) electrons. The van der Waals surface area contributed by atoms with Crippen LogP contribution < -0.4 is 11.5 Å². The monoisotopic (exact) mass is 232 g/mol. The van der Waals surface area contributed by atoms with Crippen LogP contribution in [0.4, 0.5) is 0 Å². The van der Waals surface area contributed by atoms with Crippen molar-refractivity contribution < 1.29 is 0 Å². The second-order valence-electron chi connectivity index (χ2n) is 5.03. The van der Waals surface area contributed by atoms with E-state index in [0.717, 1.165) is 0 Å². The minimum atomic E-state index is -0.806. The highest BCUT2D eigenvalue weighted by atomic mass is 15.6. The van der Waals surface area contributed by atoms with E-state index >= 15 is 0 Å². The minimum Gasteiger partial charge on any atom is -0.297 e. The summed E-state index contributed by atoms with van der Waals surface area (Å²) in [5.74, 6) is -1.61. The van der Waals surface area contributed by atoms with E-state index in [0.29, 0.717) is 0 Å². The number of likely N-dealkylation sites (N-methyl/N-ethyl adjacent to an activating group) is 4. The van der Waals surface area contributed by atoms with Crippen molar-refractivity contribution in [3.63, 3.8) is 0 Å². The largest absolute Gasteiger partial charge is 0.297 e. The predicted octanol–water partition coefficient (Wildman–Crippen LogP) is -1.54. The third kappa shape index (κ3) is 2.09. The van der Waals surface area contributed by atoms with Gasteiger partial charge in [0.05, 0.1) is 0 Å². The van der Waals surface area contributed by atoms with Crippen molar-refractivity contribution in [2.24, 2.45) is 11.5 Å². The number of hydrogen-bond donors (Lipinski definition) is 2. The fourth-order valence-corrected chi connectivity index (χ4v) is 2.12. The molecule has 0 aromatic heterocycles. The molecule has 16 heavy (non-hydrogen) atoms. The molecule has 0 aliphatic carbocycles. The molecular weight excluding hydrogens is 204 g/mol. The van der Waals surface area contributed by atoms with Gasteiger partial charge in [-0.05, 0) is 56.4 Å². The van der Waals surface area contributed by atoms with Gasteiger partial charge in [-0.2, -0.15) is 0 Å². The average Bonchev–Trinajstić information content (AvgIpc) is 2.13. The minimum absolute atomic E-state index is 0.806. The zero-order chi connectivity index (χ0) is 13.3. The molecule has 98 valence electrons. The first kappa shape index (κ1) is 15.8. The van der Waals surface area contributed by atoms with E-state index in [9.17, 15) is 0 Å². The van der Waals surface area contributed by atoms with Gasteiger partial charge < -0.3 is 0 Å². The van der Waals surface area contributed by atoms with Crippen molar-refractivity contribution in [2.75, 3.05) is 56.4 Å². The molecule has 0 spiro atoms. The molecule has 0 unspecified atom stereocenters. The van der Waals surface area contributed by atoms with Crippen LogP contribution in [0.1, 0.15) is 0 Å². The van der Waals surface area contributed by atoms with Gasteiger partial charge in [-0.25, -0.2) is 0 Å². The molecular formula is C10H28N6. The molecule has 0 fully saturated rings. The Morgan fingerprint density at radius 2 is 0.625 bits per heavy atom. The van der Waals surface area contributed by atoms with Crippen LogP contribution in [0, 0.1) is 0 Å². The lowest BCUT2D eigenvalue weighted by molar-refractivity contribution is -0.176. The van der Waals surface area contributed by atoms with Crippen LogP contribution in [0.5, 0.6) is 0 Å². The third-order valence-corrected chi connectivity index (χ3v) is 3.27. The van der Waals surface area contributed by atoms with E-state index in [1.54, 1.807) is 0 Å². The van der Waals surface area contributed by atoms with Gasteiger partial charge in [-0.3, -0.25) is 31.1 Å². The second kappa shape index (κ2) is 4.95. The molecule has 0 heterocycles. The van der Waals surface area contributed by atoms with E-state index in [2.05, 4.69) is 0 Å². The summed E-state index contributed by atoms with van der Waals surface area (Å²) in [6.45, 7) is 0. The van der Waals surface area contributed by atoms with Crippen molar-refractivity contribution in [1.29, 1.82) is 0 Å². The van der Waals surface area contributed by atoms with Crippen LogP contribution in [0.2, 0.25) is 0 Å². The lowest BCUT2D eigenvalue weighted by Gasteiger charge is -2.58. The Labute approximate surface area is 99.7 Å². The summed E-state index contributed by atoms with van der Waals surface area (Å²) in [6, 6.07) is 0. The number of nitrogens with zero attached hydrogens (tertiary/aromatic N) is 4. The van der Waals surface area contributed by atoms with Crippen LogP contribution >= 0.6 is 0 Å². The summed E-state index contributed by atoms with van der Waals surface area (Å²) in [6.07, 6.45) is 0. The average molecular weight is 232 g/mol. The molecule has 0 saturated heterocycles. The van der Waals surface area contributed by atoms with Gasteiger partial charge in [0.25, 0.3) is 0 Å². The van der Waals surface area contributed by atoms with Crippen molar-refractivity contribution in [1.82, 2.24) is 19.6 Å². The van der Waals surface area contributed by atoms with Gasteiger partial charge >= 0.3 is 0 Å². The van der Waals surface area contributed by atoms with Crippen LogP contribution in [0.3, 0.4) is 0 Å². The summed E-state index contributed by atoms with van der Waals surface area (Å²) >= 11 is 0. The molecule has 4 N–H and O–H groups in total. The molecule has 0 aromatic carbocycles. The normalized spacial score (nSPS) is 14.6. The molecule has 0 atom stereocenters. The highest BCUT2D eigenvalue weighted by Crippen LogP contribution is 2.25.